The third-order valence-corrected chi connectivity index (χ3v) is 4.21. The van der Waals surface area contributed by atoms with Gasteiger partial charge in [-0.3, -0.25) is 4.98 Å². The molecular formula is C11H16N2OS. The third-order valence-electron chi connectivity index (χ3n) is 2.33. The first kappa shape index (κ1) is 10.8. The van der Waals surface area contributed by atoms with Crippen LogP contribution in [0.15, 0.2) is 24.4 Å². The quantitative estimate of drug-likeness (QED) is 0.719. The minimum absolute atomic E-state index is 0.177. The molecule has 3 atom stereocenters. The average molecular weight is 224 g/mol. The van der Waals surface area contributed by atoms with Crippen LogP contribution in [0.3, 0.4) is 0 Å². The summed E-state index contributed by atoms with van der Waals surface area (Å²) in [5.74, 6) is 0. The van der Waals surface area contributed by atoms with Crippen molar-refractivity contribution in [3.05, 3.63) is 30.1 Å². The Bertz CT molecular complexity index is 372. The number of pyridine rings is 1. The summed E-state index contributed by atoms with van der Waals surface area (Å²) in [7, 11) is -0.915. The van der Waals surface area contributed by atoms with Crippen molar-refractivity contribution in [3.8, 4) is 0 Å². The Balaban J connectivity index is 2.06. The SMILES string of the molecule is CC(C)(C)[S@@](=O)N1C[C@@H]1c1ccccn1. The second-order valence-corrected chi connectivity index (χ2v) is 6.92. The molecule has 15 heavy (non-hydrogen) atoms. The van der Waals surface area contributed by atoms with Gasteiger partial charge in [-0.15, -0.1) is 0 Å². The summed E-state index contributed by atoms with van der Waals surface area (Å²) in [5.41, 5.74) is 1.02. The van der Waals surface area contributed by atoms with Crippen molar-refractivity contribution in [1.82, 2.24) is 9.29 Å². The van der Waals surface area contributed by atoms with E-state index in [0.717, 1.165) is 12.2 Å². The maximum absolute atomic E-state index is 12.0. The van der Waals surface area contributed by atoms with Crippen LogP contribution >= 0.6 is 0 Å². The topological polar surface area (TPSA) is 33.0 Å². The summed E-state index contributed by atoms with van der Waals surface area (Å²) in [5, 5.41) is 0. The molecule has 1 unspecified atom stereocenters. The lowest BCUT2D eigenvalue weighted by Crippen LogP contribution is -2.27. The lowest BCUT2D eigenvalue weighted by molar-refractivity contribution is 0.605. The summed E-state index contributed by atoms with van der Waals surface area (Å²) in [6.45, 7) is 6.85. The van der Waals surface area contributed by atoms with E-state index in [1.165, 1.54) is 0 Å². The van der Waals surface area contributed by atoms with Crippen LogP contribution in [0.1, 0.15) is 32.5 Å². The smallest absolute Gasteiger partial charge is 0.100 e. The van der Waals surface area contributed by atoms with Gasteiger partial charge in [-0.1, -0.05) is 6.07 Å². The molecule has 0 saturated carbocycles. The molecule has 0 spiro atoms. The molecule has 0 bridgehead atoms. The summed E-state index contributed by atoms with van der Waals surface area (Å²) in [4.78, 5) is 4.28. The molecule has 0 radical (unpaired) electrons. The first-order chi connectivity index (χ1) is 7.00. The Kier molecular flexibility index (Phi) is 2.64. The van der Waals surface area contributed by atoms with Crippen molar-refractivity contribution < 1.29 is 4.21 Å². The Morgan fingerprint density at radius 3 is 2.73 bits per heavy atom. The number of hydrogen-bond donors (Lipinski definition) is 0. The molecule has 82 valence electrons. The zero-order chi connectivity index (χ0) is 11.1. The molecule has 4 heteroatoms. The Hall–Kier alpha value is -0.740. The van der Waals surface area contributed by atoms with Gasteiger partial charge >= 0.3 is 0 Å². The van der Waals surface area contributed by atoms with Gasteiger partial charge < -0.3 is 0 Å². The molecule has 2 rings (SSSR count). The van der Waals surface area contributed by atoms with Crippen molar-refractivity contribution in [1.29, 1.82) is 0 Å². The molecule has 1 aliphatic rings. The maximum Gasteiger partial charge on any atom is 0.100 e. The average Bonchev–Trinajstić information content (AvgIpc) is 2.96. The normalized spacial score (nSPS) is 27.4. The maximum atomic E-state index is 12.0. The van der Waals surface area contributed by atoms with E-state index in [1.54, 1.807) is 6.20 Å². The van der Waals surface area contributed by atoms with Gasteiger partial charge in [0.1, 0.15) is 11.0 Å². The molecule has 0 aromatic carbocycles. The third kappa shape index (κ3) is 2.26. The van der Waals surface area contributed by atoms with E-state index in [4.69, 9.17) is 0 Å². The highest BCUT2D eigenvalue weighted by atomic mass is 32.2. The van der Waals surface area contributed by atoms with Gasteiger partial charge in [0.15, 0.2) is 0 Å². The minimum atomic E-state index is -0.915. The van der Waals surface area contributed by atoms with E-state index in [2.05, 4.69) is 4.98 Å². The summed E-state index contributed by atoms with van der Waals surface area (Å²) < 4.78 is 13.8. The van der Waals surface area contributed by atoms with Gasteiger partial charge in [0, 0.05) is 12.7 Å². The zero-order valence-electron chi connectivity index (χ0n) is 9.30. The van der Waals surface area contributed by atoms with Crippen molar-refractivity contribution in [2.45, 2.75) is 31.6 Å². The van der Waals surface area contributed by atoms with Crippen molar-refractivity contribution in [2.75, 3.05) is 6.54 Å². The first-order valence-corrected chi connectivity index (χ1v) is 6.20. The number of nitrogens with zero attached hydrogens (tertiary/aromatic N) is 2. The van der Waals surface area contributed by atoms with Crippen LogP contribution in [0.25, 0.3) is 0 Å². The standard InChI is InChI=1S/C11H16N2OS/c1-11(2,3)15(14)13-8-10(13)9-6-4-5-7-12-9/h4-7,10H,8H2,1-3H3/t10-,13?,15-/m1/s1. The molecule has 0 amide bonds. The predicted molar refractivity (Wildman–Crippen MR) is 61.6 cm³/mol. The second-order valence-electron chi connectivity index (χ2n) is 4.73. The number of rotatable bonds is 2. The zero-order valence-corrected chi connectivity index (χ0v) is 10.1. The Labute approximate surface area is 93.1 Å². The van der Waals surface area contributed by atoms with E-state index >= 15 is 0 Å². The molecule has 2 heterocycles. The van der Waals surface area contributed by atoms with Crippen molar-refractivity contribution in [3.63, 3.8) is 0 Å². The molecule has 0 N–H and O–H groups in total. The highest BCUT2D eigenvalue weighted by Gasteiger charge is 2.44. The van der Waals surface area contributed by atoms with Crippen LogP contribution in [0.2, 0.25) is 0 Å². The fraction of sp³-hybridized carbons (Fsp3) is 0.545. The van der Waals surface area contributed by atoms with Crippen molar-refractivity contribution in [2.24, 2.45) is 0 Å². The molecule has 1 fully saturated rings. The largest absolute Gasteiger partial charge is 0.260 e. The lowest BCUT2D eigenvalue weighted by atomic mass is 10.3. The van der Waals surface area contributed by atoms with E-state index in [0.29, 0.717) is 0 Å². The Morgan fingerprint density at radius 2 is 2.20 bits per heavy atom. The van der Waals surface area contributed by atoms with Crippen LogP contribution in [-0.2, 0) is 11.0 Å². The van der Waals surface area contributed by atoms with Gasteiger partial charge in [0.2, 0.25) is 0 Å². The molecule has 1 aromatic heterocycles. The number of aromatic nitrogens is 1. The molecule has 1 saturated heterocycles. The van der Waals surface area contributed by atoms with E-state index < -0.39 is 11.0 Å². The summed E-state index contributed by atoms with van der Waals surface area (Å²) in [6.07, 6.45) is 1.78. The second kappa shape index (κ2) is 3.68. The van der Waals surface area contributed by atoms with Crippen LogP contribution in [-0.4, -0.2) is 24.8 Å². The molecule has 3 nitrogen and oxygen atoms in total. The van der Waals surface area contributed by atoms with Crippen LogP contribution in [0.4, 0.5) is 0 Å². The van der Waals surface area contributed by atoms with Gasteiger partial charge in [0.05, 0.1) is 16.5 Å². The van der Waals surface area contributed by atoms with E-state index in [-0.39, 0.29) is 10.8 Å². The minimum Gasteiger partial charge on any atom is -0.260 e. The highest BCUT2D eigenvalue weighted by molar-refractivity contribution is 7.84. The summed E-state index contributed by atoms with van der Waals surface area (Å²) >= 11 is 0. The van der Waals surface area contributed by atoms with Gasteiger partial charge in [-0.05, 0) is 32.9 Å². The monoisotopic (exact) mass is 224 g/mol. The fourth-order valence-corrected chi connectivity index (χ4v) is 2.79. The van der Waals surface area contributed by atoms with Crippen LogP contribution in [0.5, 0.6) is 0 Å². The molecule has 1 aliphatic heterocycles. The van der Waals surface area contributed by atoms with Gasteiger partial charge in [-0.25, -0.2) is 8.51 Å². The summed E-state index contributed by atoms with van der Waals surface area (Å²) in [6, 6.07) is 6.12. The Morgan fingerprint density at radius 1 is 1.47 bits per heavy atom. The molecule has 0 aliphatic carbocycles. The highest BCUT2D eigenvalue weighted by Crippen LogP contribution is 2.38. The van der Waals surface area contributed by atoms with Gasteiger partial charge in [0.25, 0.3) is 0 Å². The molecular weight excluding hydrogens is 208 g/mol. The van der Waals surface area contributed by atoms with E-state index in [9.17, 15) is 4.21 Å². The van der Waals surface area contributed by atoms with Crippen LogP contribution in [0, 0.1) is 0 Å². The van der Waals surface area contributed by atoms with Crippen molar-refractivity contribution >= 4 is 11.0 Å². The fourth-order valence-electron chi connectivity index (χ4n) is 1.47. The first-order valence-electron chi connectivity index (χ1n) is 5.10. The van der Waals surface area contributed by atoms with Crippen LogP contribution < -0.4 is 0 Å². The molecule has 1 aromatic rings. The predicted octanol–water partition coefficient (Wildman–Crippen LogP) is 1.90. The number of hydrogen-bond acceptors (Lipinski definition) is 2. The van der Waals surface area contributed by atoms with E-state index in [1.807, 2.05) is 43.3 Å². The van der Waals surface area contributed by atoms with Gasteiger partial charge in [-0.2, -0.15) is 0 Å². The lowest BCUT2D eigenvalue weighted by Gasteiger charge is -2.18.